The third kappa shape index (κ3) is 20.4. The van der Waals surface area contributed by atoms with Gasteiger partial charge in [-0.3, -0.25) is 0 Å². The predicted molar refractivity (Wildman–Crippen MR) is 229 cm³/mol. The van der Waals surface area contributed by atoms with E-state index in [9.17, 15) is 25.9 Å². The molecule has 0 N–H and O–H groups in total. The van der Waals surface area contributed by atoms with Crippen LogP contribution in [0.1, 0.15) is 141 Å². The van der Waals surface area contributed by atoms with Crippen LogP contribution < -0.4 is 9.47 Å². The number of ether oxygens (including phenoxy) is 2. The first-order valence-corrected chi connectivity index (χ1v) is 23.5. The van der Waals surface area contributed by atoms with Gasteiger partial charge in [0.1, 0.15) is 53.0 Å². The summed E-state index contributed by atoms with van der Waals surface area (Å²) in [5, 5.41) is 0. The van der Waals surface area contributed by atoms with Gasteiger partial charge in [0.25, 0.3) is 0 Å². The molecule has 0 aliphatic rings. The maximum atomic E-state index is 11.9. The first-order chi connectivity index (χ1) is 27.0. The number of aryl methyl sites for hydroxylation is 2. The molecule has 0 aromatic heterocycles. The molecule has 57 heavy (non-hydrogen) atoms. The smallest absolute Gasteiger partial charge is 0.744 e. The Morgan fingerprint density at radius 2 is 0.702 bits per heavy atom. The van der Waals surface area contributed by atoms with E-state index >= 15 is 0 Å². The molecule has 8 nitrogen and oxygen atoms in total. The molecule has 0 fully saturated rings. The van der Waals surface area contributed by atoms with Crippen LogP contribution >= 0.6 is 0 Å². The van der Waals surface area contributed by atoms with E-state index < -0.39 is 20.2 Å². The number of hydrogen-bond donors (Lipinski definition) is 0. The summed E-state index contributed by atoms with van der Waals surface area (Å²) in [6.45, 7) is 4.44. The Hall–Kier alpha value is -2.44. The van der Waals surface area contributed by atoms with Crippen molar-refractivity contribution in [1.82, 2.24) is 0 Å². The average molecular weight is 847 g/mol. The van der Waals surface area contributed by atoms with E-state index in [2.05, 4.69) is 13.8 Å². The normalized spacial score (nSPS) is 11.3. The van der Waals surface area contributed by atoms with Gasteiger partial charge < -0.3 is 18.6 Å². The van der Waals surface area contributed by atoms with Crippen LogP contribution in [0.3, 0.4) is 0 Å². The van der Waals surface area contributed by atoms with Gasteiger partial charge in [-0.25, -0.2) is 16.8 Å². The number of para-hydroxylation sites is 2. The topological polar surface area (TPSA) is 133 Å². The molecule has 0 bridgehead atoms. The predicted octanol–water partition coefficient (Wildman–Crippen LogP) is 12.5. The number of rotatable bonds is 26. The van der Waals surface area contributed by atoms with E-state index in [4.69, 9.17) is 9.47 Å². The van der Waals surface area contributed by atoms with Crippen molar-refractivity contribution < 1.29 is 35.4 Å². The minimum Gasteiger partial charge on any atom is -0.744 e. The summed E-state index contributed by atoms with van der Waals surface area (Å²) in [5.74, 6) is 1.23. The second-order valence-electron chi connectivity index (χ2n) is 14.4. The molecule has 4 aromatic carbocycles. The molecule has 0 unspecified atom stereocenters. The van der Waals surface area contributed by atoms with Crippen molar-refractivity contribution >= 4 is 58.0 Å². The van der Waals surface area contributed by atoms with Crippen molar-refractivity contribution in [1.29, 1.82) is 0 Å². The standard InChI is InChI=1S/2C23H32O4S.Ca/c2*1-2-3-4-5-6-7-8-9-11-15-20-16-14-19-22(23(20)28(24,25)26)27-21-17-12-10-13-18-21;/h2*10,12-14,16-19H,2-9,11,15H2,1H3,(H,24,25,26);/q;;+2/p-2. The maximum Gasteiger partial charge on any atom is 2.00 e. The largest absolute Gasteiger partial charge is 2.00 e. The van der Waals surface area contributed by atoms with Crippen molar-refractivity contribution in [2.45, 2.75) is 152 Å². The van der Waals surface area contributed by atoms with Crippen molar-refractivity contribution in [3.8, 4) is 23.0 Å². The zero-order valence-electron chi connectivity index (χ0n) is 34.2. The van der Waals surface area contributed by atoms with Crippen LogP contribution in [0.25, 0.3) is 0 Å². The zero-order valence-corrected chi connectivity index (χ0v) is 38.0. The Morgan fingerprint density at radius 1 is 0.404 bits per heavy atom. The monoisotopic (exact) mass is 846 g/mol. The van der Waals surface area contributed by atoms with Gasteiger partial charge in [-0.05, 0) is 73.2 Å². The quantitative estimate of drug-likeness (QED) is 0.0346. The molecule has 0 saturated heterocycles. The van der Waals surface area contributed by atoms with Crippen molar-refractivity contribution in [3.63, 3.8) is 0 Å². The van der Waals surface area contributed by atoms with Gasteiger partial charge in [0.05, 0.1) is 0 Å². The van der Waals surface area contributed by atoms with Crippen molar-refractivity contribution in [2.75, 3.05) is 0 Å². The van der Waals surface area contributed by atoms with Gasteiger partial charge in [0.15, 0.2) is 0 Å². The molecule has 0 aliphatic carbocycles. The van der Waals surface area contributed by atoms with Crippen molar-refractivity contribution in [3.05, 3.63) is 108 Å². The molecule has 0 spiro atoms. The van der Waals surface area contributed by atoms with E-state index in [1.165, 1.54) is 89.2 Å². The molecule has 308 valence electrons. The Morgan fingerprint density at radius 3 is 1.00 bits per heavy atom. The fraction of sp³-hybridized carbons (Fsp3) is 0.478. The molecule has 0 aliphatic heterocycles. The number of unbranched alkanes of at least 4 members (excludes halogenated alkanes) is 16. The average Bonchev–Trinajstić information content (AvgIpc) is 3.17. The van der Waals surface area contributed by atoms with Crippen LogP contribution in [0.5, 0.6) is 23.0 Å². The van der Waals surface area contributed by atoms with E-state index in [0.717, 1.165) is 38.5 Å². The summed E-state index contributed by atoms with van der Waals surface area (Å²) >= 11 is 0. The molecule has 0 amide bonds. The summed E-state index contributed by atoms with van der Waals surface area (Å²) in [6, 6.07) is 27.8. The van der Waals surface area contributed by atoms with Crippen LogP contribution in [-0.4, -0.2) is 63.7 Å². The van der Waals surface area contributed by atoms with Gasteiger partial charge in [-0.2, -0.15) is 0 Å². The fourth-order valence-corrected chi connectivity index (χ4v) is 8.42. The summed E-state index contributed by atoms with van der Waals surface area (Å²) < 4.78 is 82.7. The minimum atomic E-state index is -4.62. The third-order valence-corrected chi connectivity index (χ3v) is 11.6. The maximum absolute atomic E-state index is 11.9. The van der Waals surface area contributed by atoms with Crippen LogP contribution in [-0.2, 0) is 33.1 Å². The van der Waals surface area contributed by atoms with E-state index in [-0.39, 0.29) is 59.0 Å². The van der Waals surface area contributed by atoms with Crippen LogP contribution in [0.15, 0.2) is 107 Å². The van der Waals surface area contributed by atoms with Crippen LogP contribution in [0.4, 0.5) is 0 Å². The van der Waals surface area contributed by atoms with Gasteiger partial charge in [-0.15, -0.1) is 0 Å². The van der Waals surface area contributed by atoms with E-state index in [1.54, 1.807) is 72.8 Å². The SMILES string of the molecule is CCCCCCCCCCCc1cccc(Oc2ccccc2)c1S(=O)(=O)[O-].CCCCCCCCCCCc1cccc(Oc2ccccc2)c1S(=O)(=O)[O-].[Ca+2]. The molecule has 4 aromatic rings. The molecule has 0 saturated carbocycles. The molecular weight excluding hydrogens is 785 g/mol. The molecule has 11 heteroatoms. The Kier molecular flexibility index (Phi) is 25.7. The molecule has 4 rings (SSSR count). The first kappa shape index (κ1) is 50.7. The molecule has 0 atom stereocenters. The third-order valence-electron chi connectivity index (χ3n) is 9.66. The second kappa shape index (κ2) is 28.9. The Bertz CT molecular complexity index is 1750. The van der Waals surface area contributed by atoms with Gasteiger partial charge in [-0.1, -0.05) is 177 Å². The van der Waals surface area contributed by atoms with Gasteiger partial charge in [0.2, 0.25) is 0 Å². The number of benzene rings is 4. The first-order valence-electron chi connectivity index (χ1n) is 20.7. The molecule has 0 heterocycles. The van der Waals surface area contributed by atoms with Crippen molar-refractivity contribution in [2.24, 2.45) is 0 Å². The zero-order chi connectivity index (χ0) is 40.5. The Balaban J connectivity index is 0.000000387. The van der Waals surface area contributed by atoms with Crippen LogP contribution in [0.2, 0.25) is 0 Å². The Labute approximate surface area is 373 Å². The van der Waals surface area contributed by atoms with E-state index in [0.29, 0.717) is 35.5 Å². The summed E-state index contributed by atoms with van der Waals surface area (Å²) in [4.78, 5) is -0.447. The number of hydrogen-bond acceptors (Lipinski definition) is 8. The summed E-state index contributed by atoms with van der Waals surface area (Å²) in [6.07, 6.45) is 22.6. The second-order valence-corrected chi connectivity index (χ2v) is 17.0. The van der Waals surface area contributed by atoms with Crippen LogP contribution in [0, 0.1) is 0 Å². The van der Waals surface area contributed by atoms with Gasteiger partial charge in [0, 0.05) is 0 Å². The summed E-state index contributed by atoms with van der Waals surface area (Å²) in [5.41, 5.74) is 1.10. The molecule has 0 radical (unpaired) electrons. The minimum absolute atomic E-state index is 0. The van der Waals surface area contributed by atoms with E-state index in [1.807, 2.05) is 12.1 Å². The summed E-state index contributed by atoms with van der Waals surface area (Å²) in [7, 11) is -9.24. The molecular formula is C46H62CaO8S2. The fourth-order valence-electron chi connectivity index (χ4n) is 6.73. The van der Waals surface area contributed by atoms with Gasteiger partial charge >= 0.3 is 37.7 Å².